The second-order valence-corrected chi connectivity index (χ2v) is 6.11. The van der Waals surface area contributed by atoms with Crippen molar-refractivity contribution in [1.82, 2.24) is 20.2 Å². The summed E-state index contributed by atoms with van der Waals surface area (Å²) in [5, 5.41) is 2.76. The van der Waals surface area contributed by atoms with Gasteiger partial charge in [0.25, 0.3) is 11.8 Å². The fraction of sp³-hybridized carbons (Fsp3) is 0.250. The number of nitrogens with one attached hydrogen (secondary N) is 2. The Morgan fingerprint density at radius 2 is 1.85 bits per heavy atom. The Morgan fingerprint density at radius 3 is 2.52 bits per heavy atom. The largest absolute Gasteiger partial charge is 0.348 e. The van der Waals surface area contributed by atoms with Crippen molar-refractivity contribution in [2.75, 3.05) is 13.1 Å². The van der Waals surface area contributed by atoms with Crippen molar-refractivity contribution in [2.45, 2.75) is 20.4 Å². The van der Waals surface area contributed by atoms with E-state index in [1.807, 2.05) is 13.8 Å². The molecule has 0 atom stereocenters. The third-order valence-corrected chi connectivity index (χ3v) is 4.44. The van der Waals surface area contributed by atoms with Gasteiger partial charge in [-0.3, -0.25) is 9.59 Å². The first-order valence-corrected chi connectivity index (χ1v) is 8.82. The van der Waals surface area contributed by atoms with E-state index in [9.17, 15) is 14.0 Å². The molecule has 0 unspecified atom stereocenters. The Bertz CT molecular complexity index is 962. The number of nitrogens with zero attached hydrogens (tertiary/aromatic N) is 2. The van der Waals surface area contributed by atoms with Gasteiger partial charge in [-0.15, -0.1) is 0 Å². The number of aromatic amines is 1. The predicted octanol–water partition coefficient (Wildman–Crippen LogP) is 3.11. The lowest BCUT2D eigenvalue weighted by molar-refractivity contribution is 0.0772. The van der Waals surface area contributed by atoms with E-state index in [1.165, 1.54) is 18.5 Å². The highest BCUT2D eigenvalue weighted by Gasteiger charge is 2.15. The van der Waals surface area contributed by atoms with Crippen LogP contribution in [0.5, 0.6) is 0 Å². The summed E-state index contributed by atoms with van der Waals surface area (Å²) in [6, 6.07) is 9.56. The molecule has 6 nitrogen and oxygen atoms in total. The minimum atomic E-state index is -0.504. The van der Waals surface area contributed by atoms with Crippen molar-refractivity contribution >= 4 is 22.8 Å². The van der Waals surface area contributed by atoms with Crippen molar-refractivity contribution in [3.05, 3.63) is 65.2 Å². The Hall–Kier alpha value is -3.22. The van der Waals surface area contributed by atoms with E-state index in [0.29, 0.717) is 29.7 Å². The van der Waals surface area contributed by atoms with E-state index >= 15 is 0 Å². The topological polar surface area (TPSA) is 78.1 Å². The van der Waals surface area contributed by atoms with Crippen LogP contribution in [0, 0.1) is 5.82 Å². The Labute approximate surface area is 156 Å². The Morgan fingerprint density at radius 1 is 1.15 bits per heavy atom. The first kappa shape index (κ1) is 18.6. The number of imidazole rings is 1. The van der Waals surface area contributed by atoms with Gasteiger partial charge in [0.2, 0.25) is 0 Å². The smallest absolute Gasteiger partial charge is 0.253 e. The zero-order valence-corrected chi connectivity index (χ0v) is 15.3. The van der Waals surface area contributed by atoms with Crippen LogP contribution < -0.4 is 5.32 Å². The SMILES string of the molecule is CCN(CC)C(=O)c1ccc(CNC(=O)c2cc(F)cc3[nH]cnc23)cc1. The number of rotatable bonds is 6. The van der Waals surface area contributed by atoms with E-state index in [0.717, 1.165) is 5.56 Å². The molecule has 3 rings (SSSR count). The molecule has 0 saturated carbocycles. The van der Waals surface area contributed by atoms with Gasteiger partial charge in [0.1, 0.15) is 11.3 Å². The number of carbonyl (C=O) groups excluding carboxylic acids is 2. The molecule has 1 aromatic heterocycles. The van der Waals surface area contributed by atoms with Crippen LogP contribution in [0.2, 0.25) is 0 Å². The molecule has 0 fully saturated rings. The van der Waals surface area contributed by atoms with Crippen molar-refractivity contribution < 1.29 is 14.0 Å². The average Bonchev–Trinajstić information content (AvgIpc) is 3.15. The van der Waals surface area contributed by atoms with Gasteiger partial charge < -0.3 is 15.2 Å². The molecule has 0 aliphatic carbocycles. The number of amides is 2. The lowest BCUT2D eigenvalue weighted by Gasteiger charge is -2.18. The van der Waals surface area contributed by atoms with E-state index in [1.54, 1.807) is 29.2 Å². The zero-order chi connectivity index (χ0) is 19.4. The van der Waals surface area contributed by atoms with E-state index in [4.69, 9.17) is 0 Å². The molecule has 7 heteroatoms. The highest BCUT2D eigenvalue weighted by atomic mass is 19.1. The van der Waals surface area contributed by atoms with E-state index < -0.39 is 11.7 Å². The molecule has 0 bridgehead atoms. The van der Waals surface area contributed by atoms with Crippen LogP contribution in [-0.4, -0.2) is 39.8 Å². The van der Waals surface area contributed by atoms with Gasteiger partial charge in [-0.25, -0.2) is 9.37 Å². The summed E-state index contributed by atoms with van der Waals surface area (Å²) in [6.45, 7) is 5.45. The molecule has 2 aromatic carbocycles. The maximum Gasteiger partial charge on any atom is 0.253 e. The monoisotopic (exact) mass is 368 g/mol. The van der Waals surface area contributed by atoms with Crippen LogP contribution in [0.15, 0.2) is 42.7 Å². The van der Waals surface area contributed by atoms with Crippen LogP contribution in [0.3, 0.4) is 0 Å². The van der Waals surface area contributed by atoms with Gasteiger partial charge in [-0.1, -0.05) is 12.1 Å². The lowest BCUT2D eigenvalue weighted by Crippen LogP contribution is -2.30. The van der Waals surface area contributed by atoms with Crippen LogP contribution >= 0.6 is 0 Å². The second-order valence-electron chi connectivity index (χ2n) is 6.11. The van der Waals surface area contributed by atoms with Crippen LogP contribution in [0.4, 0.5) is 4.39 Å². The fourth-order valence-electron chi connectivity index (χ4n) is 2.92. The van der Waals surface area contributed by atoms with Crippen molar-refractivity contribution in [1.29, 1.82) is 0 Å². The van der Waals surface area contributed by atoms with Gasteiger partial charge in [-0.05, 0) is 43.7 Å². The predicted molar refractivity (Wildman–Crippen MR) is 101 cm³/mol. The Balaban J connectivity index is 1.68. The maximum atomic E-state index is 13.7. The lowest BCUT2D eigenvalue weighted by atomic mass is 10.1. The summed E-state index contributed by atoms with van der Waals surface area (Å²) >= 11 is 0. The van der Waals surface area contributed by atoms with Crippen molar-refractivity contribution in [3.63, 3.8) is 0 Å². The number of halogens is 1. The van der Waals surface area contributed by atoms with Crippen molar-refractivity contribution in [2.24, 2.45) is 0 Å². The van der Waals surface area contributed by atoms with Gasteiger partial charge >= 0.3 is 0 Å². The van der Waals surface area contributed by atoms with Crippen LogP contribution in [0.1, 0.15) is 40.1 Å². The van der Waals surface area contributed by atoms with Crippen molar-refractivity contribution in [3.8, 4) is 0 Å². The molecule has 140 valence electrons. The van der Waals surface area contributed by atoms with Gasteiger partial charge in [0.05, 0.1) is 17.4 Å². The maximum absolute atomic E-state index is 13.7. The van der Waals surface area contributed by atoms with Crippen LogP contribution in [0.25, 0.3) is 11.0 Å². The fourth-order valence-corrected chi connectivity index (χ4v) is 2.92. The molecule has 3 aromatic rings. The molecule has 0 radical (unpaired) electrons. The second kappa shape index (κ2) is 7.99. The third kappa shape index (κ3) is 3.97. The van der Waals surface area contributed by atoms with Gasteiger partial charge in [0, 0.05) is 25.2 Å². The summed E-state index contributed by atoms with van der Waals surface area (Å²) in [7, 11) is 0. The standard InChI is InChI=1S/C20H21FN4O2/c1-3-25(4-2)20(27)14-7-5-13(6-8-14)11-22-19(26)16-9-15(21)10-17-18(16)24-12-23-17/h5-10,12H,3-4,11H2,1-2H3,(H,22,26)(H,23,24). The van der Waals surface area contributed by atoms with Crippen LogP contribution in [-0.2, 0) is 6.54 Å². The third-order valence-electron chi connectivity index (χ3n) is 4.44. The zero-order valence-electron chi connectivity index (χ0n) is 15.3. The number of fused-ring (bicyclic) bond motifs is 1. The minimum absolute atomic E-state index is 0.0173. The summed E-state index contributed by atoms with van der Waals surface area (Å²) in [5.41, 5.74) is 2.53. The molecule has 1 heterocycles. The first-order chi connectivity index (χ1) is 13.0. The number of aromatic nitrogens is 2. The molecule has 0 aliphatic heterocycles. The summed E-state index contributed by atoms with van der Waals surface area (Å²) in [4.78, 5) is 33.4. The first-order valence-electron chi connectivity index (χ1n) is 8.82. The van der Waals surface area contributed by atoms with Gasteiger partial charge in [0.15, 0.2) is 0 Å². The van der Waals surface area contributed by atoms with E-state index in [2.05, 4.69) is 15.3 Å². The minimum Gasteiger partial charge on any atom is -0.348 e. The number of benzene rings is 2. The summed E-state index contributed by atoms with van der Waals surface area (Å²) in [6.07, 6.45) is 1.42. The highest BCUT2D eigenvalue weighted by molar-refractivity contribution is 6.04. The number of H-pyrrole nitrogens is 1. The van der Waals surface area contributed by atoms with E-state index in [-0.39, 0.29) is 18.0 Å². The number of carbonyl (C=O) groups is 2. The quantitative estimate of drug-likeness (QED) is 0.702. The number of hydrogen-bond acceptors (Lipinski definition) is 3. The molecule has 2 N–H and O–H groups in total. The average molecular weight is 368 g/mol. The normalized spacial score (nSPS) is 10.8. The van der Waals surface area contributed by atoms with Gasteiger partial charge in [-0.2, -0.15) is 0 Å². The molecule has 0 spiro atoms. The molecular weight excluding hydrogens is 347 g/mol. The molecule has 2 amide bonds. The highest BCUT2D eigenvalue weighted by Crippen LogP contribution is 2.17. The summed E-state index contributed by atoms with van der Waals surface area (Å²) in [5.74, 6) is -0.928. The Kier molecular flexibility index (Phi) is 5.49. The molecule has 0 saturated heterocycles. The number of hydrogen-bond donors (Lipinski definition) is 2. The molecular formula is C20H21FN4O2. The molecule has 0 aliphatic rings. The summed E-state index contributed by atoms with van der Waals surface area (Å²) < 4.78 is 13.7. The molecule has 27 heavy (non-hydrogen) atoms.